The van der Waals surface area contributed by atoms with Crippen LogP contribution in [0.3, 0.4) is 0 Å². The maximum absolute atomic E-state index is 5.77. The van der Waals surface area contributed by atoms with E-state index in [0.717, 1.165) is 0 Å². The summed E-state index contributed by atoms with van der Waals surface area (Å²) in [5.41, 5.74) is 0. The highest BCUT2D eigenvalue weighted by Gasteiger charge is 2.09. The first kappa shape index (κ1) is 10.5. The monoisotopic (exact) mass is 259 g/mol. The summed E-state index contributed by atoms with van der Waals surface area (Å²) in [6, 6.07) is 1.72. The summed E-state index contributed by atoms with van der Waals surface area (Å²) in [6.45, 7) is 0. The molecule has 0 saturated heterocycles. The van der Waals surface area contributed by atoms with Crippen molar-refractivity contribution in [1.29, 1.82) is 0 Å². The molecule has 0 atom stereocenters. The Morgan fingerprint density at radius 1 is 1.07 bits per heavy atom. The van der Waals surface area contributed by atoms with Gasteiger partial charge in [-0.15, -0.1) is 10.2 Å². The minimum absolute atomic E-state index is 0.0397. The van der Waals surface area contributed by atoms with Crippen LogP contribution in [0.5, 0.6) is 0 Å². The maximum atomic E-state index is 5.77. The lowest BCUT2D eigenvalue weighted by Crippen LogP contribution is -1.92. The van der Waals surface area contributed by atoms with Gasteiger partial charge < -0.3 is 0 Å². The summed E-state index contributed by atoms with van der Waals surface area (Å²) in [7, 11) is 0. The molecule has 15 heavy (non-hydrogen) atoms. The van der Waals surface area contributed by atoms with Crippen LogP contribution in [0.25, 0.3) is 0 Å². The molecule has 0 spiro atoms. The van der Waals surface area contributed by atoms with E-state index in [0.29, 0.717) is 10.2 Å². The Labute approximate surface area is 99.3 Å². The zero-order valence-corrected chi connectivity index (χ0v) is 9.46. The summed E-state index contributed by atoms with van der Waals surface area (Å²) in [6.07, 6.45) is 3.25. The van der Waals surface area contributed by atoms with Gasteiger partial charge in [0.2, 0.25) is 5.28 Å². The first-order valence-corrected chi connectivity index (χ1v) is 5.33. The van der Waals surface area contributed by atoms with Crippen LogP contribution in [0, 0.1) is 0 Å². The van der Waals surface area contributed by atoms with Crippen molar-refractivity contribution in [2.24, 2.45) is 0 Å². The molecule has 0 aliphatic heterocycles. The Kier molecular flexibility index (Phi) is 3.30. The van der Waals surface area contributed by atoms with Crippen LogP contribution >= 0.6 is 35.0 Å². The molecule has 0 amide bonds. The number of hydrogen-bond acceptors (Lipinski definition) is 6. The standard InChI is InChI=1S/C7H3Cl2N5S/c8-4-5(12-6(9)14-13-4)15-7-10-2-1-3-11-7/h1-3H. The molecule has 2 aromatic heterocycles. The van der Waals surface area contributed by atoms with Gasteiger partial charge in [0, 0.05) is 12.4 Å². The van der Waals surface area contributed by atoms with Crippen molar-refractivity contribution in [2.75, 3.05) is 0 Å². The van der Waals surface area contributed by atoms with Crippen LogP contribution in [-0.4, -0.2) is 25.1 Å². The predicted molar refractivity (Wildman–Crippen MR) is 56.0 cm³/mol. The van der Waals surface area contributed by atoms with Gasteiger partial charge in [-0.1, -0.05) is 11.6 Å². The van der Waals surface area contributed by atoms with E-state index in [4.69, 9.17) is 23.2 Å². The molecule has 0 aromatic carbocycles. The lowest BCUT2D eigenvalue weighted by atomic mass is 10.7. The molecule has 0 bridgehead atoms. The van der Waals surface area contributed by atoms with E-state index in [1.807, 2.05) is 0 Å². The van der Waals surface area contributed by atoms with E-state index < -0.39 is 0 Å². The Bertz CT molecular complexity index is 466. The molecule has 0 radical (unpaired) electrons. The van der Waals surface area contributed by atoms with Gasteiger partial charge in [0.15, 0.2) is 10.3 Å². The smallest absolute Gasteiger partial charge is 0.231 e. The van der Waals surface area contributed by atoms with Crippen LogP contribution in [0.4, 0.5) is 0 Å². The average Bonchev–Trinajstić information content (AvgIpc) is 2.25. The highest BCUT2D eigenvalue weighted by Crippen LogP contribution is 2.27. The van der Waals surface area contributed by atoms with Crippen molar-refractivity contribution in [1.82, 2.24) is 25.1 Å². The van der Waals surface area contributed by atoms with Crippen LogP contribution in [0.1, 0.15) is 0 Å². The van der Waals surface area contributed by atoms with E-state index in [9.17, 15) is 0 Å². The number of halogens is 2. The minimum atomic E-state index is 0.0397. The highest BCUT2D eigenvalue weighted by atomic mass is 35.5. The first-order chi connectivity index (χ1) is 7.25. The van der Waals surface area contributed by atoms with E-state index in [1.54, 1.807) is 18.5 Å². The molecular weight excluding hydrogens is 257 g/mol. The zero-order valence-electron chi connectivity index (χ0n) is 7.13. The van der Waals surface area contributed by atoms with Crippen LogP contribution in [0.15, 0.2) is 28.6 Å². The molecule has 0 N–H and O–H groups in total. The number of nitrogens with zero attached hydrogens (tertiary/aromatic N) is 5. The third kappa shape index (κ3) is 2.74. The van der Waals surface area contributed by atoms with Crippen molar-refractivity contribution in [3.8, 4) is 0 Å². The second-order valence-corrected chi connectivity index (χ2v) is 3.96. The Hall–Kier alpha value is -0.980. The van der Waals surface area contributed by atoms with E-state index in [-0.39, 0.29) is 10.4 Å². The molecule has 2 heterocycles. The second kappa shape index (κ2) is 4.69. The lowest BCUT2D eigenvalue weighted by molar-refractivity contribution is 0.895. The Morgan fingerprint density at radius 2 is 1.80 bits per heavy atom. The third-order valence-corrected chi connectivity index (χ3v) is 2.72. The van der Waals surface area contributed by atoms with Gasteiger partial charge in [-0.2, -0.15) is 0 Å². The minimum Gasteiger partial charge on any atom is -0.231 e. The normalized spacial score (nSPS) is 10.3. The number of rotatable bonds is 2. The fraction of sp³-hybridized carbons (Fsp3) is 0. The average molecular weight is 260 g/mol. The van der Waals surface area contributed by atoms with Crippen molar-refractivity contribution < 1.29 is 0 Å². The number of aromatic nitrogens is 5. The molecule has 76 valence electrons. The second-order valence-electron chi connectivity index (χ2n) is 2.31. The van der Waals surface area contributed by atoms with E-state index >= 15 is 0 Å². The summed E-state index contributed by atoms with van der Waals surface area (Å²) in [5, 5.41) is 8.29. The third-order valence-electron chi connectivity index (χ3n) is 1.32. The molecule has 0 saturated carbocycles. The molecule has 0 aliphatic rings. The molecule has 0 aliphatic carbocycles. The number of hydrogen-bond donors (Lipinski definition) is 0. The van der Waals surface area contributed by atoms with E-state index in [2.05, 4.69) is 25.1 Å². The molecule has 8 heteroatoms. The summed E-state index contributed by atoms with van der Waals surface area (Å²) in [4.78, 5) is 11.9. The van der Waals surface area contributed by atoms with Crippen molar-refractivity contribution in [2.45, 2.75) is 10.2 Å². The van der Waals surface area contributed by atoms with Crippen molar-refractivity contribution >= 4 is 35.0 Å². The van der Waals surface area contributed by atoms with Crippen molar-refractivity contribution in [3.63, 3.8) is 0 Å². The summed E-state index contributed by atoms with van der Waals surface area (Å²) >= 11 is 12.5. The topological polar surface area (TPSA) is 64.5 Å². The maximum Gasteiger partial charge on any atom is 0.244 e. The SMILES string of the molecule is Clc1nnc(Cl)c(Sc2ncccn2)n1. The molecule has 0 unspecified atom stereocenters. The first-order valence-electron chi connectivity index (χ1n) is 3.76. The van der Waals surface area contributed by atoms with Crippen molar-refractivity contribution in [3.05, 3.63) is 28.9 Å². The van der Waals surface area contributed by atoms with Crippen LogP contribution in [0.2, 0.25) is 10.4 Å². The van der Waals surface area contributed by atoms with Gasteiger partial charge in [0.1, 0.15) is 5.03 Å². The van der Waals surface area contributed by atoms with Gasteiger partial charge in [-0.3, -0.25) is 0 Å². The van der Waals surface area contributed by atoms with Gasteiger partial charge in [0.05, 0.1) is 0 Å². The quantitative estimate of drug-likeness (QED) is 0.770. The Morgan fingerprint density at radius 3 is 2.53 bits per heavy atom. The molecule has 2 aromatic rings. The summed E-state index contributed by atoms with van der Waals surface area (Å²) in [5.74, 6) is 0. The largest absolute Gasteiger partial charge is 0.244 e. The van der Waals surface area contributed by atoms with Crippen LogP contribution in [-0.2, 0) is 0 Å². The zero-order chi connectivity index (χ0) is 10.7. The van der Waals surface area contributed by atoms with Gasteiger partial charge in [-0.25, -0.2) is 15.0 Å². The van der Waals surface area contributed by atoms with Gasteiger partial charge >= 0.3 is 0 Å². The van der Waals surface area contributed by atoms with Gasteiger partial charge in [-0.05, 0) is 29.4 Å². The molecule has 0 fully saturated rings. The van der Waals surface area contributed by atoms with E-state index in [1.165, 1.54) is 11.8 Å². The lowest BCUT2D eigenvalue weighted by Gasteiger charge is -1.99. The Balaban J connectivity index is 2.28. The highest BCUT2D eigenvalue weighted by molar-refractivity contribution is 7.99. The predicted octanol–water partition coefficient (Wildman–Crippen LogP) is 2.12. The summed E-state index contributed by atoms with van der Waals surface area (Å²) < 4.78 is 0. The molecular formula is C7H3Cl2N5S. The fourth-order valence-electron chi connectivity index (χ4n) is 0.770. The fourth-order valence-corrected chi connectivity index (χ4v) is 1.80. The van der Waals surface area contributed by atoms with Gasteiger partial charge in [0.25, 0.3) is 0 Å². The van der Waals surface area contributed by atoms with Crippen LogP contribution < -0.4 is 0 Å². The molecule has 5 nitrogen and oxygen atoms in total. The molecule has 2 rings (SSSR count).